The van der Waals surface area contributed by atoms with Crippen LogP contribution in [0.15, 0.2) is 88.8 Å². The second-order valence-corrected chi connectivity index (χ2v) is 9.54. The van der Waals surface area contributed by atoms with Gasteiger partial charge in [0, 0.05) is 16.1 Å². The molecule has 2 aliphatic rings. The Balaban J connectivity index is 1.41. The van der Waals surface area contributed by atoms with Crippen molar-refractivity contribution in [3.05, 3.63) is 99.9 Å². The molecule has 2 atom stereocenters. The fourth-order valence-corrected chi connectivity index (χ4v) is 5.43. The first-order valence-corrected chi connectivity index (χ1v) is 11.7. The summed E-state index contributed by atoms with van der Waals surface area (Å²) in [6, 6.07) is 11.3. The minimum absolute atomic E-state index is 0.0894. The van der Waals surface area contributed by atoms with Crippen LogP contribution in [0.1, 0.15) is 30.9 Å². The average Bonchev–Trinajstić information content (AvgIpc) is 3.34. The number of alkyl halides is 3. The topological polar surface area (TPSA) is 14.2 Å². The predicted octanol–water partition coefficient (Wildman–Crippen LogP) is 8.35. The van der Waals surface area contributed by atoms with Crippen LogP contribution < -0.4 is 0 Å². The Morgan fingerprint density at radius 3 is 2.79 bits per heavy atom. The number of aromatic nitrogens is 1. The van der Waals surface area contributed by atoms with Crippen molar-refractivity contribution in [2.24, 2.45) is 11.8 Å². The van der Waals surface area contributed by atoms with Crippen molar-refractivity contribution < 1.29 is 17.9 Å². The molecule has 2 unspecified atom stereocenters. The van der Waals surface area contributed by atoms with Crippen LogP contribution in [-0.2, 0) is 17.5 Å². The summed E-state index contributed by atoms with van der Waals surface area (Å²) in [5.41, 5.74) is 3.67. The van der Waals surface area contributed by atoms with Gasteiger partial charge in [0.05, 0.1) is 16.8 Å². The number of halogens is 4. The molecule has 0 spiro atoms. The van der Waals surface area contributed by atoms with Crippen LogP contribution in [0.5, 0.6) is 0 Å². The molecule has 5 rings (SSSR count). The van der Waals surface area contributed by atoms with Gasteiger partial charge in [-0.1, -0.05) is 36.9 Å². The molecule has 2 aliphatic carbocycles. The number of hydrogen-bond acceptors (Lipinski definition) is 1. The van der Waals surface area contributed by atoms with E-state index in [1.807, 2.05) is 24.3 Å². The fraction of sp³-hybridized carbons (Fsp3) is 0.259. The van der Waals surface area contributed by atoms with Crippen molar-refractivity contribution in [1.29, 1.82) is 0 Å². The number of para-hydroxylation sites is 1. The number of hydrogen-bond donors (Lipinski definition) is 0. The van der Waals surface area contributed by atoms with Crippen molar-refractivity contribution in [2.45, 2.75) is 32.5 Å². The van der Waals surface area contributed by atoms with Gasteiger partial charge in [0.15, 0.2) is 0 Å². The van der Waals surface area contributed by atoms with Crippen molar-refractivity contribution >= 4 is 26.8 Å². The Morgan fingerprint density at radius 2 is 2.03 bits per heavy atom. The van der Waals surface area contributed by atoms with Crippen LogP contribution >= 0.6 is 15.9 Å². The molecule has 2 saturated carbocycles. The zero-order valence-corrected chi connectivity index (χ0v) is 19.7. The quantitative estimate of drug-likeness (QED) is 0.312. The Labute approximate surface area is 199 Å². The van der Waals surface area contributed by atoms with Crippen molar-refractivity contribution in [3.8, 4) is 5.69 Å². The van der Waals surface area contributed by atoms with Crippen LogP contribution in [-0.4, -0.2) is 4.57 Å². The molecule has 33 heavy (non-hydrogen) atoms. The van der Waals surface area contributed by atoms with Crippen LogP contribution in [0.2, 0.25) is 0 Å². The zero-order chi connectivity index (χ0) is 23.3. The van der Waals surface area contributed by atoms with Crippen molar-refractivity contribution in [3.63, 3.8) is 0 Å². The normalized spacial score (nSPS) is 22.2. The molecule has 2 fully saturated rings. The smallest absolute Gasteiger partial charge is 0.418 e. The summed E-state index contributed by atoms with van der Waals surface area (Å²) in [4.78, 5) is 0. The first-order chi connectivity index (χ1) is 15.8. The number of ether oxygens (including phenoxy) is 1. The van der Waals surface area contributed by atoms with Crippen LogP contribution in [0.3, 0.4) is 0 Å². The molecule has 2 aromatic carbocycles. The third-order valence-corrected chi connectivity index (χ3v) is 7.17. The van der Waals surface area contributed by atoms with E-state index in [-0.39, 0.29) is 5.69 Å². The highest BCUT2D eigenvalue weighted by molar-refractivity contribution is 9.10. The van der Waals surface area contributed by atoms with E-state index in [2.05, 4.69) is 35.5 Å². The second kappa shape index (κ2) is 8.24. The monoisotopic (exact) mass is 513 g/mol. The number of fused-ring (bicyclic) bond motifs is 2. The van der Waals surface area contributed by atoms with Crippen molar-refractivity contribution in [2.75, 3.05) is 0 Å². The highest BCUT2D eigenvalue weighted by Gasteiger charge is 2.46. The van der Waals surface area contributed by atoms with Crippen LogP contribution in [0.25, 0.3) is 16.6 Å². The molecule has 0 bridgehead atoms. The summed E-state index contributed by atoms with van der Waals surface area (Å²) in [5, 5.41) is 0.833. The third-order valence-electron chi connectivity index (χ3n) is 6.54. The number of benzene rings is 2. The van der Waals surface area contributed by atoms with Gasteiger partial charge in [0.25, 0.3) is 0 Å². The molecule has 1 heterocycles. The second-order valence-electron chi connectivity index (χ2n) is 8.69. The Morgan fingerprint density at radius 1 is 1.24 bits per heavy atom. The Hall–Kier alpha value is -2.73. The van der Waals surface area contributed by atoms with Gasteiger partial charge in [-0.05, 0) is 88.5 Å². The first-order valence-electron chi connectivity index (χ1n) is 10.9. The Kier molecular flexibility index (Phi) is 5.52. The zero-order valence-electron chi connectivity index (χ0n) is 18.1. The van der Waals surface area contributed by atoms with Gasteiger partial charge in [-0.3, -0.25) is 0 Å². The molecule has 0 amide bonds. The van der Waals surface area contributed by atoms with Gasteiger partial charge < -0.3 is 9.30 Å². The van der Waals surface area contributed by atoms with Gasteiger partial charge in [-0.2, -0.15) is 13.2 Å². The first kappa shape index (κ1) is 22.1. The minimum atomic E-state index is -4.45. The SMILES string of the molecule is C=C(/C=C1/CC2CC2/C1=C/C)OCc1ccc2c(Br)cn(-c3ccccc3C(F)(F)F)c2c1. The summed E-state index contributed by atoms with van der Waals surface area (Å²) in [6.45, 7) is 6.42. The number of nitrogens with zero attached hydrogens (tertiary/aromatic N) is 1. The minimum Gasteiger partial charge on any atom is -0.490 e. The predicted molar refractivity (Wildman–Crippen MR) is 128 cm³/mol. The average molecular weight is 514 g/mol. The van der Waals surface area contributed by atoms with Gasteiger partial charge in [-0.15, -0.1) is 0 Å². The van der Waals surface area contributed by atoms with Crippen molar-refractivity contribution in [1.82, 2.24) is 4.57 Å². The molecule has 2 nitrogen and oxygen atoms in total. The molecule has 0 saturated heterocycles. The Bertz CT molecular complexity index is 1310. The molecule has 0 radical (unpaired) electrons. The lowest BCUT2D eigenvalue weighted by molar-refractivity contribution is -0.137. The lowest BCUT2D eigenvalue weighted by atomic mass is 10.0. The largest absolute Gasteiger partial charge is 0.490 e. The van der Waals surface area contributed by atoms with E-state index in [0.29, 0.717) is 23.8 Å². The van der Waals surface area contributed by atoms with Gasteiger partial charge in [0.2, 0.25) is 0 Å². The molecule has 3 aromatic rings. The van der Waals surface area contributed by atoms with E-state index < -0.39 is 11.7 Å². The standard InChI is InChI=1S/C27H23BrF3NO/c1-3-20-18(12-19-13-22(19)20)10-16(2)33-15-17-8-9-21-24(28)14-32(26(21)11-17)25-7-5-4-6-23(25)27(29,30)31/h3-11,14,19,22H,2,12-13,15H2,1H3/b18-10-,20-3+. The van der Waals surface area contributed by atoms with Gasteiger partial charge in [-0.25, -0.2) is 0 Å². The summed E-state index contributed by atoms with van der Waals surface area (Å²) in [6.07, 6.45) is 3.82. The van der Waals surface area contributed by atoms with E-state index in [4.69, 9.17) is 4.74 Å². The third kappa shape index (κ3) is 4.17. The molecular formula is C27H23BrF3NO. The molecule has 170 valence electrons. The molecule has 1 aromatic heterocycles. The van der Waals surface area contributed by atoms with E-state index >= 15 is 0 Å². The van der Waals surface area contributed by atoms with Crippen LogP contribution in [0.4, 0.5) is 13.2 Å². The summed E-state index contributed by atoms with van der Waals surface area (Å²) in [5.74, 6) is 2.09. The fourth-order valence-electron chi connectivity index (χ4n) is 4.89. The summed E-state index contributed by atoms with van der Waals surface area (Å²) < 4.78 is 49.1. The van der Waals surface area contributed by atoms with E-state index in [1.54, 1.807) is 16.8 Å². The summed E-state index contributed by atoms with van der Waals surface area (Å²) in [7, 11) is 0. The van der Waals surface area contributed by atoms with Crippen LogP contribution in [0, 0.1) is 11.8 Å². The summed E-state index contributed by atoms with van der Waals surface area (Å²) >= 11 is 3.49. The maximum absolute atomic E-state index is 13.6. The lowest BCUT2D eigenvalue weighted by Gasteiger charge is -2.15. The number of rotatable bonds is 5. The lowest BCUT2D eigenvalue weighted by Crippen LogP contribution is -2.10. The van der Waals surface area contributed by atoms with Gasteiger partial charge >= 0.3 is 6.18 Å². The van der Waals surface area contributed by atoms with E-state index in [0.717, 1.165) is 33.8 Å². The molecular weight excluding hydrogens is 491 g/mol. The number of allylic oxidation sites excluding steroid dienone is 4. The highest BCUT2D eigenvalue weighted by atomic mass is 79.9. The molecule has 6 heteroatoms. The van der Waals surface area contributed by atoms with E-state index in [9.17, 15) is 13.2 Å². The maximum Gasteiger partial charge on any atom is 0.418 e. The van der Waals surface area contributed by atoms with E-state index in [1.165, 1.54) is 29.7 Å². The maximum atomic E-state index is 13.6. The molecule has 0 aliphatic heterocycles. The van der Waals surface area contributed by atoms with Gasteiger partial charge in [0.1, 0.15) is 12.4 Å². The highest BCUT2D eigenvalue weighted by Crippen LogP contribution is 2.57. The molecule has 0 N–H and O–H groups in total.